The molecule has 0 saturated carbocycles. The molecule has 6 nitrogen and oxygen atoms in total. The van der Waals surface area contributed by atoms with Crippen molar-refractivity contribution in [2.45, 2.75) is 37.8 Å². The molecule has 0 spiro atoms. The first-order valence-electron chi connectivity index (χ1n) is 7.62. The van der Waals surface area contributed by atoms with Gasteiger partial charge in [0, 0.05) is 31.3 Å². The molecule has 2 N–H and O–H groups in total. The minimum atomic E-state index is -0.526. The van der Waals surface area contributed by atoms with Crippen molar-refractivity contribution in [3.05, 3.63) is 29.8 Å². The number of nitrogens with zero attached hydrogens (tertiary/aromatic N) is 2. The van der Waals surface area contributed by atoms with Crippen LogP contribution < -0.4 is 10.6 Å². The van der Waals surface area contributed by atoms with Gasteiger partial charge in [-0.15, -0.1) is 0 Å². The van der Waals surface area contributed by atoms with E-state index in [0.29, 0.717) is 5.56 Å². The molecule has 2 aliphatic rings. The number of piperidine rings is 1. The van der Waals surface area contributed by atoms with E-state index >= 15 is 0 Å². The van der Waals surface area contributed by atoms with Crippen molar-refractivity contribution >= 4 is 5.91 Å². The molecule has 0 aliphatic carbocycles. The number of hydrogen-bond donors (Lipinski definition) is 2. The number of amides is 1. The maximum Gasteiger partial charge on any atom is 0.227 e. The first-order valence-corrected chi connectivity index (χ1v) is 7.62. The number of ether oxygens (including phenoxy) is 1. The summed E-state index contributed by atoms with van der Waals surface area (Å²) < 4.78 is 19.9. The zero-order chi connectivity index (χ0) is 15.5. The SMILES string of the molecule is CN1C(=O)CC(c2ccncc2F)NC1OC1CCNCC1. The predicted molar refractivity (Wildman–Crippen MR) is 78.2 cm³/mol. The van der Waals surface area contributed by atoms with Gasteiger partial charge in [0.15, 0.2) is 6.35 Å². The van der Waals surface area contributed by atoms with Crippen molar-refractivity contribution in [2.24, 2.45) is 0 Å². The molecule has 1 aromatic heterocycles. The molecular weight excluding hydrogens is 287 g/mol. The molecule has 0 aromatic carbocycles. The normalized spacial score (nSPS) is 27.2. The second-order valence-corrected chi connectivity index (χ2v) is 5.76. The van der Waals surface area contributed by atoms with E-state index in [9.17, 15) is 9.18 Å². The highest BCUT2D eigenvalue weighted by molar-refractivity contribution is 5.77. The number of carbonyl (C=O) groups is 1. The number of rotatable bonds is 3. The van der Waals surface area contributed by atoms with Gasteiger partial charge in [0.05, 0.1) is 12.3 Å². The summed E-state index contributed by atoms with van der Waals surface area (Å²) in [6, 6.07) is 1.21. The van der Waals surface area contributed by atoms with Crippen molar-refractivity contribution < 1.29 is 13.9 Å². The minimum absolute atomic E-state index is 0.0566. The fourth-order valence-corrected chi connectivity index (χ4v) is 2.90. The number of nitrogens with one attached hydrogen (secondary N) is 2. The molecule has 2 fully saturated rings. The maximum absolute atomic E-state index is 13.9. The summed E-state index contributed by atoms with van der Waals surface area (Å²) in [5.74, 6) is -0.461. The first kappa shape index (κ1) is 15.3. The van der Waals surface area contributed by atoms with Crippen molar-refractivity contribution in [3.8, 4) is 0 Å². The average molecular weight is 308 g/mol. The summed E-state index contributed by atoms with van der Waals surface area (Å²) in [6.07, 6.45) is 4.32. The molecule has 7 heteroatoms. The molecule has 0 bridgehead atoms. The second kappa shape index (κ2) is 6.68. The van der Waals surface area contributed by atoms with Crippen LogP contribution in [0.2, 0.25) is 0 Å². The highest BCUT2D eigenvalue weighted by Crippen LogP contribution is 2.26. The zero-order valence-corrected chi connectivity index (χ0v) is 12.6. The van der Waals surface area contributed by atoms with Crippen LogP contribution >= 0.6 is 0 Å². The number of pyridine rings is 1. The van der Waals surface area contributed by atoms with Crippen LogP contribution in [0.3, 0.4) is 0 Å². The maximum atomic E-state index is 13.9. The third kappa shape index (κ3) is 3.26. The minimum Gasteiger partial charge on any atom is -0.342 e. The van der Waals surface area contributed by atoms with Gasteiger partial charge in [-0.25, -0.2) is 4.39 Å². The van der Waals surface area contributed by atoms with Crippen molar-refractivity contribution in [2.75, 3.05) is 20.1 Å². The van der Waals surface area contributed by atoms with Gasteiger partial charge in [-0.2, -0.15) is 0 Å². The molecule has 1 aromatic rings. The molecule has 22 heavy (non-hydrogen) atoms. The second-order valence-electron chi connectivity index (χ2n) is 5.76. The van der Waals surface area contributed by atoms with Crippen LogP contribution in [-0.2, 0) is 9.53 Å². The lowest BCUT2D eigenvalue weighted by molar-refractivity contribution is -0.167. The van der Waals surface area contributed by atoms with Gasteiger partial charge in [0.2, 0.25) is 5.91 Å². The number of carbonyl (C=O) groups excluding carboxylic acids is 1. The Morgan fingerprint density at radius 1 is 1.41 bits per heavy atom. The Balaban J connectivity index is 1.72. The van der Waals surface area contributed by atoms with Crippen LogP contribution in [0.4, 0.5) is 4.39 Å². The summed E-state index contributed by atoms with van der Waals surface area (Å²) in [5, 5.41) is 6.51. The van der Waals surface area contributed by atoms with E-state index in [0.717, 1.165) is 25.9 Å². The van der Waals surface area contributed by atoms with Gasteiger partial charge in [-0.1, -0.05) is 0 Å². The Bertz CT molecular complexity index is 536. The summed E-state index contributed by atoms with van der Waals surface area (Å²) >= 11 is 0. The summed E-state index contributed by atoms with van der Waals surface area (Å²) in [6.45, 7) is 1.83. The third-order valence-electron chi connectivity index (χ3n) is 4.25. The molecular formula is C15H21FN4O2. The monoisotopic (exact) mass is 308 g/mol. The van der Waals surface area contributed by atoms with E-state index in [4.69, 9.17) is 4.74 Å². The van der Waals surface area contributed by atoms with E-state index in [-0.39, 0.29) is 18.4 Å². The van der Waals surface area contributed by atoms with Crippen molar-refractivity contribution in [1.29, 1.82) is 0 Å². The van der Waals surface area contributed by atoms with Gasteiger partial charge in [0.1, 0.15) is 5.82 Å². The van der Waals surface area contributed by atoms with Crippen LogP contribution in [0, 0.1) is 5.82 Å². The molecule has 3 rings (SSSR count). The molecule has 2 saturated heterocycles. The quantitative estimate of drug-likeness (QED) is 0.863. The van der Waals surface area contributed by atoms with Crippen molar-refractivity contribution in [3.63, 3.8) is 0 Å². The van der Waals surface area contributed by atoms with Crippen LogP contribution in [0.1, 0.15) is 30.9 Å². The fraction of sp³-hybridized carbons (Fsp3) is 0.600. The topological polar surface area (TPSA) is 66.5 Å². The van der Waals surface area contributed by atoms with Gasteiger partial charge in [-0.05, 0) is 32.0 Å². The number of hydrogen-bond acceptors (Lipinski definition) is 5. The molecule has 2 aliphatic heterocycles. The molecule has 3 heterocycles. The number of aromatic nitrogens is 1. The molecule has 1 amide bonds. The number of halogens is 1. The van der Waals surface area contributed by atoms with Crippen LogP contribution in [0.15, 0.2) is 18.5 Å². The van der Waals surface area contributed by atoms with Crippen molar-refractivity contribution in [1.82, 2.24) is 20.5 Å². The highest BCUT2D eigenvalue weighted by atomic mass is 19.1. The highest BCUT2D eigenvalue weighted by Gasteiger charge is 2.34. The first-order chi connectivity index (χ1) is 10.6. The Morgan fingerprint density at radius 3 is 2.91 bits per heavy atom. The van der Waals surface area contributed by atoms with Crippen LogP contribution in [0.5, 0.6) is 0 Å². The van der Waals surface area contributed by atoms with Gasteiger partial charge in [-0.3, -0.25) is 15.1 Å². The van der Waals surface area contributed by atoms with Crippen LogP contribution in [0.25, 0.3) is 0 Å². The van der Waals surface area contributed by atoms with E-state index in [1.54, 1.807) is 18.0 Å². The third-order valence-corrected chi connectivity index (χ3v) is 4.25. The van der Waals surface area contributed by atoms with E-state index in [2.05, 4.69) is 15.6 Å². The van der Waals surface area contributed by atoms with Gasteiger partial charge in [0.25, 0.3) is 0 Å². The Labute approximate surface area is 129 Å². The van der Waals surface area contributed by atoms with Crippen LogP contribution in [-0.4, -0.2) is 48.4 Å². The molecule has 2 atom stereocenters. The lowest BCUT2D eigenvalue weighted by Crippen LogP contribution is -2.56. The summed E-state index contributed by atoms with van der Waals surface area (Å²) in [7, 11) is 1.71. The summed E-state index contributed by atoms with van der Waals surface area (Å²) in [5.41, 5.74) is 0.454. The lowest BCUT2D eigenvalue weighted by atomic mass is 10.0. The smallest absolute Gasteiger partial charge is 0.227 e. The molecule has 2 unspecified atom stereocenters. The Hall–Kier alpha value is -1.57. The summed E-state index contributed by atoms with van der Waals surface area (Å²) in [4.78, 5) is 17.5. The Kier molecular flexibility index (Phi) is 4.66. The lowest BCUT2D eigenvalue weighted by Gasteiger charge is -2.40. The largest absolute Gasteiger partial charge is 0.342 e. The Morgan fingerprint density at radius 2 is 2.18 bits per heavy atom. The van der Waals surface area contributed by atoms with Gasteiger partial charge >= 0.3 is 0 Å². The average Bonchev–Trinajstić information content (AvgIpc) is 2.53. The zero-order valence-electron chi connectivity index (χ0n) is 12.6. The molecule has 120 valence electrons. The van der Waals surface area contributed by atoms with Gasteiger partial charge < -0.3 is 15.0 Å². The standard InChI is InChI=1S/C15H21FN4O2/c1-20-14(21)8-13(11-4-7-18-9-12(11)16)19-15(20)22-10-2-5-17-6-3-10/h4,7,9-10,13,15,17,19H,2-3,5-6,8H2,1H3. The predicted octanol–water partition coefficient (Wildman–Crippen LogP) is 0.766. The van der Waals surface area contributed by atoms with E-state index < -0.39 is 18.2 Å². The molecule has 0 radical (unpaired) electrons. The van der Waals surface area contributed by atoms with E-state index in [1.807, 2.05) is 0 Å². The fourth-order valence-electron chi connectivity index (χ4n) is 2.90. The van der Waals surface area contributed by atoms with E-state index in [1.165, 1.54) is 12.4 Å².